The number of carbonyl (C=O) groups is 2. The molecule has 9 heteroatoms. The van der Waals surface area contributed by atoms with Gasteiger partial charge in [-0.3, -0.25) is 14.4 Å². The molecule has 0 saturated carbocycles. The number of likely N-dealkylation sites (tertiary alicyclic amines) is 1. The second-order valence-corrected chi connectivity index (χ2v) is 8.12. The summed E-state index contributed by atoms with van der Waals surface area (Å²) in [5.41, 5.74) is 1.62. The Morgan fingerprint density at radius 3 is 2.65 bits per heavy atom. The van der Waals surface area contributed by atoms with Gasteiger partial charge in [0, 0.05) is 31.2 Å². The first kappa shape index (κ1) is 20.8. The zero-order valence-electron chi connectivity index (χ0n) is 17.7. The smallest absolute Gasteiger partial charge is 0.276 e. The Bertz CT molecular complexity index is 1150. The van der Waals surface area contributed by atoms with E-state index in [0.29, 0.717) is 38.2 Å². The molecule has 3 heterocycles. The number of H-pyrrole nitrogens is 1. The summed E-state index contributed by atoms with van der Waals surface area (Å²) in [4.78, 5) is 42.1. The van der Waals surface area contributed by atoms with Crippen molar-refractivity contribution in [3.63, 3.8) is 0 Å². The minimum Gasteiger partial charge on any atom is -0.355 e. The molecule has 9 nitrogen and oxygen atoms in total. The molecular weight excluding hydrogens is 396 g/mol. The number of aryl methyl sites for hydroxylation is 1. The molecule has 162 valence electrons. The van der Waals surface area contributed by atoms with Crippen LogP contribution in [0, 0.1) is 12.8 Å². The van der Waals surface area contributed by atoms with Gasteiger partial charge in [-0.2, -0.15) is 0 Å². The van der Waals surface area contributed by atoms with Crippen LogP contribution < -0.4 is 10.9 Å². The van der Waals surface area contributed by atoms with Crippen LogP contribution in [-0.4, -0.2) is 56.2 Å². The van der Waals surface area contributed by atoms with Crippen LogP contribution in [0.4, 0.5) is 0 Å². The molecule has 3 aromatic rings. The summed E-state index contributed by atoms with van der Waals surface area (Å²) < 4.78 is 1.33. The van der Waals surface area contributed by atoms with Crippen molar-refractivity contribution in [1.29, 1.82) is 0 Å². The summed E-state index contributed by atoms with van der Waals surface area (Å²) >= 11 is 0. The Balaban J connectivity index is 1.34. The first-order chi connectivity index (χ1) is 14.9. The molecule has 2 aromatic heterocycles. The van der Waals surface area contributed by atoms with Crippen LogP contribution in [0.25, 0.3) is 5.52 Å². The van der Waals surface area contributed by atoms with E-state index < -0.39 is 5.56 Å². The number of piperidine rings is 1. The highest BCUT2D eigenvalue weighted by molar-refractivity contribution is 5.98. The van der Waals surface area contributed by atoms with Crippen LogP contribution in [0.2, 0.25) is 0 Å². The monoisotopic (exact) mass is 422 g/mol. The van der Waals surface area contributed by atoms with E-state index in [9.17, 15) is 14.4 Å². The van der Waals surface area contributed by atoms with Crippen LogP contribution >= 0.6 is 0 Å². The Kier molecular flexibility index (Phi) is 5.83. The van der Waals surface area contributed by atoms with Gasteiger partial charge in [-0.05, 0) is 31.2 Å². The molecule has 1 atom stereocenters. The second kappa shape index (κ2) is 8.71. The molecule has 0 spiro atoms. The third-order valence-corrected chi connectivity index (χ3v) is 5.84. The van der Waals surface area contributed by atoms with E-state index in [-0.39, 0.29) is 34.9 Å². The minimum absolute atomic E-state index is 0.0240. The molecule has 2 N–H and O–H groups in total. The number of hydrogen-bond donors (Lipinski definition) is 2. The topological polar surface area (TPSA) is 112 Å². The molecule has 1 aliphatic heterocycles. The van der Waals surface area contributed by atoms with Crippen molar-refractivity contribution >= 4 is 17.3 Å². The first-order valence-electron chi connectivity index (χ1n) is 10.5. The average Bonchev–Trinajstić information content (AvgIpc) is 3.21. The number of hydrogen-bond acceptors (Lipinski definition) is 5. The summed E-state index contributed by atoms with van der Waals surface area (Å²) in [6.07, 6.45) is 2.77. The average molecular weight is 422 g/mol. The molecule has 31 heavy (non-hydrogen) atoms. The van der Waals surface area contributed by atoms with Gasteiger partial charge < -0.3 is 15.2 Å². The highest BCUT2D eigenvalue weighted by atomic mass is 16.2. The fourth-order valence-corrected chi connectivity index (χ4v) is 3.99. The maximum atomic E-state index is 12.9. The number of aromatic amines is 1. The van der Waals surface area contributed by atoms with Gasteiger partial charge in [-0.25, -0.2) is 4.52 Å². The summed E-state index contributed by atoms with van der Waals surface area (Å²) in [5, 5.41) is 10.9. The van der Waals surface area contributed by atoms with E-state index in [0.717, 1.165) is 0 Å². The van der Waals surface area contributed by atoms with Crippen LogP contribution in [0.15, 0.2) is 41.3 Å². The van der Waals surface area contributed by atoms with Gasteiger partial charge in [0.1, 0.15) is 0 Å². The molecule has 0 bridgehead atoms. The molecule has 2 amide bonds. The molecule has 0 aliphatic carbocycles. The summed E-state index contributed by atoms with van der Waals surface area (Å²) in [6.45, 7) is 5.28. The third-order valence-electron chi connectivity index (χ3n) is 5.84. The van der Waals surface area contributed by atoms with Crippen LogP contribution in [-0.2, 0) is 4.79 Å². The van der Waals surface area contributed by atoms with Crippen LogP contribution in [0.1, 0.15) is 47.4 Å². The van der Waals surface area contributed by atoms with E-state index >= 15 is 0 Å². The lowest BCUT2D eigenvalue weighted by molar-refractivity contribution is -0.126. The molecule has 4 rings (SSSR count). The molecule has 1 fully saturated rings. The fraction of sp³-hybridized carbons (Fsp3) is 0.409. The van der Waals surface area contributed by atoms with Gasteiger partial charge in [0.15, 0.2) is 11.2 Å². The van der Waals surface area contributed by atoms with Gasteiger partial charge in [-0.1, -0.05) is 42.5 Å². The van der Waals surface area contributed by atoms with Gasteiger partial charge in [0.25, 0.3) is 11.5 Å². The number of rotatable bonds is 5. The molecule has 0 radical (unpaired) electrons. The predicted octanol–water partition coefficient (Wildman–Crippen LogP) is 1.50. The van der Waals surface area contributed by atoms with Gasteiger partial charge in [-0.15, -0.1) is 5.10 Å². The predicted molar refractivity (Wildman–Crippen MR) is 115 cm³/mol. The van der Waals surface area contributed by atoms with Crippen molar-refractivity contribution in [2.24, 2.45) is 5.92 Å². The summed E-state index contributed by atoms with van der Waals surface area (Å²) in [5.74, 6) is -0.206. The molecule has 1 aromatic carbocycles. The van der Waals surface area contributed by atoms with E-state index in [4.69, 9.17) is 0 Å². The standard InChI is InChI=1S/C22H26N6O3/c1-14(16-6-4-3-5-7-16)12-23-20(29)17-8-10-27(11-9-17)22(31)18-19-21(30)24-15(2)13-28(19)26-25-18/h3-7,13-14,17H,8-12H2,1-2H3,(H,23,29)(H,24,30)/t14-/m0/s1. The SMILES string of the molecule is Cc1cn2nnc(C(=O)N3CCC(C(=O)NC[C@H](C)c4ccccc4)CC3)c2c(=O)[nH]1. The van der Waals surface area contributed by atoms with Crippen molar-refractivity contribution in [2.75, 3.05) is 19.6 Å². The Morgan fingerprint density at radius 2 is 1.94 bits per heavy atom. The number of nitrogens with one attached hydrogen (secondary N) is 2. The van der Waals surface area contributed by atoms with E-state index in [1.54, 1.807) is 18.0 Å². The summed E-state index contributed by atoms with van der Waals surface area (Å²) in [7, 11) is 0. The van der Waals surface area contributed by atoms with Gasteiger partial charge >= 0.3 is 0 Å². The Morgan fingerprint density at radius 1 is 1.23 bits per heavy atom. The van der Waals surface area contributed by atoms with Crippen molar-refractivity contribution in [3.8, 4) is 0 Å². The lowest BCUT2D eigenvalue weighted by atomic mass is 9.95. The molecule has 0 unspecified atom stereocenters. The number of amides is 2. The maximum Gasteiger partial charge on any atom is 0.276 e. The zero-order valence-corrected chi connectivity index (χ0v) is 17.7. The van der Waals surface area contributed by atoms with Gasteiger partial charge in [0.2, 0.25) is 5.91 Å². The molecule has 1 saturated heterocycles. The zero-order chi connectivity index (χ0) is 22.0. The fourth-order valence-electron chi connectivity index (χ4n) is 3.99. The van der Waals surface area contributed by atoms with Crippen molar-refractivity contribution < 1.29 is 9.59 Å². The third kappa shape index (κ3) is 4.35. The van der Waals surface area contributed by atoms with Crippen molar-refractivity contribution in [1.82, 2.24) is 30.0 Å². The Labute approximate surface area is 179 Å². The van der Waals surface area contributed by atoms with E-state index in [1.165, 1.54) is 10.1 Å². The number of benzene rings is 1. The normalized spacial score (nSPS) is 15.7. The molecule has 1 aliphatic rings. The minimum atomic E-state index is -0.393. The number of carbonyl (C=O) groups excluding carboxylic acids is 2. The van der Waals surface area contributed by atoms with E-state index in [1.807, 2.05) is 18.2 Å². The maximum absolute atomic E-state index is 12.9. The summed E-state index contributed by atoms with van der Waals surface area (Å²) in [6, 6.07) is 10.1. The number of aromatic nitrogens is 4. The largest absolute Gasteiger partial charge is 0.355 e. The Hall–Kier alpha value is -3.49. The van der Waals surface area contributed by atoms with Crippen LogP contribution in [0.5, 0.6) is 0 Å². The highest BCUT2D eigenvalue weighted by Crippen LogP contribution is 2.20. The first-order valence-corrected chi connectivity index (χ1v) is 10.5. The van der Waals surface area contributed by atoms with Crippen molar-refractivity contribution in [3.05, 3.63) is 63.8 Å². The quantitative estimate of drug-likeness (QED) is 0.647. The van der Waals surface area contributed by atoms with E-state index in [2.05, 4.69) is 39.7 Å². The number of nitrogens with zero attached hydrogens (tertiary/aromatic N) is 4. The second-order valence-electron chi connectivity index (χ2n) is 8.12. The van der Waals surface area contributed by atoms with Crippen LogP contribution in [0.3, 0.4) is 0 Å². The lowest BCUT2D eigenvalue weighted by Gasteiger charge is -2.31. The molecular formula is C22H26N6O3. The van der Waals surface area contributed by atoms with Crippen molar-refractivity contribution in [2.45, 2.75) is 32.6 Å². The number of fused-ring (bicyclic) bond motifs is 1. The lowest BCUT2D eigenvalue weighted by Crippen LogP contribution is -2.43. The van der Waals surface area contributed by atoms with Gasteiger partial charge in [0.05, 0.1) is 6.20 Å². The highest BCUT2D eigenvalue weighted by Gasteiger charge is 2.30.